The van der Waals surface area contributed by atoms with Crippen molar-refractivity contribution in [2.75, 3.05) is 23.7 Å². The molecule has 0 unspecified atom stereocenters. The van der Waals surface area contributed by atoms with E-state index in [1.807, 2.05) is 15.5 Å². The summed E-state index contributed by atoms with van der Waals surface area (Å²) in [6, 6.07) is 5.15. The molecule has 2 fully saturated rings. The number of rotatable bonds is 6. The van der Waals surface area contributed by atoms with Crippen LogP contribution in [0.4, 0.5) is 17.6 Å². The fourth-order valence-electron chi connectivity index (χ4n) is 5.45. The maximum atomic E-state index is 11.9. The molecule has 1 aromatic carbocycles. The summed E-state index contributed by atoms with van der Waals surface area (Å²) in [6.07, 6.45) is 6.23. The number of nitrogens with two attached hydrogens (primary N) is 1. The van der Waals surface area contributed by atoms with Crippen molar-refractivity contribution in [2.24, 2.45) is 11.7 Å². The number of nitrogens with one attached hydrogen (secondary N) is 2. The number of nitrogens with zero attached hydrogens (tertiary/aromatic N) is 6. The van der Waals surface area contributed by atoms with Crippen LogP contribution in [0.5, 0.6) is 0 Å². The summed E-state index contributed by atoms with van der Waals surface area (Å²) in [5.41, 5.74) is 7.55. The van der Waals surface area contributed by atoms with E-state index in [9.17, 15) is 14.9 Å². The average Bonchev–Trinajstić information content (AvgIpc) is 3.28. The minimum Gasteiger partial charge on any atom is -0.369 e. The highest BCUT2D eigenvalue weighted by Gasteiger charge is 2.30. The lowest BCUT2D eigenvalue weighted by molar-refractivity contribution is -0.129. The second-order valence-corrected chi connectivity index (χ2v) is 10.9. The van der Waals surface area contributed by atoms with Gasteiger partial charge in [-0.15, -0.1) is 0 Å². The van der Waals surface area contributed by atoms with Crippen molar-refractivity contribution >= 4 is 63.8 Å². The fraction of sp³-hybridized carbons (Fsp3) is 0.462. The van der Waals surface area contributed by atoms with Gasteiger partial charge in [0, 0.05) is 38.0 Å². The highest BCUT2D eigenvalue weighted by Crippen LogP contribution is 2.39. The van der Waals surface area contributed by atoms with Crippen molar-refractivity contribution in [3.8, 4) is 6.07 Å². The molecule has 3 heterocycles. The Balaban J connectivity index is 1.50. The maximum Gasteiger partial charge on any atom is 0.225 e. The van der Waals surface area contributed by atoms with E-state index in [0.29, 0.717) is 66.5 Å². The minimum atomic E-state index is -0.278. The third-order valence-electron chi connectivity index (χ3n) is 7.50. The topological polar surface area (TPSA) is 155 Å². The molecule has 13 heteroatoms. The number of hydrogen-bond donors (Lipinski definition) is 3. The largest absolute Gasteiger partial charge is 0.369 e. The van der Waals surface area contributed by atoms with Crippen LogP contribution in [0.15, 0.2) is 18.3 Å². The molecule has 5 rings (SSSR count). The number of nitriles is 1. The molecule has 11 nitrogen and oxygen atoms in total. The second kappa shape index (κ2) is 11.2. The molecule has 0 spiro atoms. The summed E-state index contributed by atoms with van der Waals surface area (Å²) in [6.45, 7) is 2.93. The summed E-state index contributed by atoms with van der Waals surface area (Å²) >= 11 is 12.9. The molecule has 204 valence electrons. The van der Waals surface area contributed by atoms with Crippen LogP contribution < -0.4 is 16.4 Å². The molecular weight excluding hydrogens is 541 g/mol. The third kappa shape index (κ3) is 5.72. The van der Waals surface area contributed by atoms with Gasteiger partial charge in [0.25, 0.3) is 0 Å². The van der Waals surface area contributed by atoms with E-state index in [4.69, 9.17) is 38.9 Å². The normalized spacial score (nSPS) is 21.4. The molecule has 3 aromatic rings. The van der Waals surface area contributed by atoms with Crippen molar-refractivity contribution in [3.05, 3.63) is 33.9 Å². The SMILES string of the molecule is CC(=O)N1CCC[C@@H](Nc2ncc3nc(Nc4c(Cl)cc(C#N)cc4Cl)n([C@H]4CC[C@H](C(N)=O)CC4)c3n2)C1. The summed E-state index contributed by atoms with van der Waals surface area (Å²) in [5, 5.41) is 16.5. The van der Waals surface area contributed by atoms with Gasteiger partial charge in [-0.2, -0.15) is 10.2 Å². The highest BCUT2D eigenvalue weighted by molar-refractivity contribution is 6.39. The Labute approximate surface area is 235 Å². The van der Waals surface area contributed by atoms with Crippen molar-refractivity contribution in [1.29, 1.82) is 5.26 Å². The number of carbonyl (C=O) groups is 2. The molecule has 0 bridgehead atoms. The van der Waals surface area contributed by atoms with E-state index in [2.05, 4.69) is 15.6 Å². The Hall–Kier alpha value is -3.62. The number of benzene rings is 1. The molecule has 2 aromatic heterocycles. The first-order valence-electron chi connectivity index (χ1n) is 13.0. The maximum absolute atomic E-state index is 11.9. The Kier molecular flexibility index (Phi) is 7.77. The summed E-state index contributed by atoms with van der Waals surface area (Å²) in [7, 11) is 0. The highest BCUT2D eigenvalue weighted by atomic mass is 35.5. The van der Waals surface area contributed by atoms with Crippen LogP contribution in [-0.4, -0.2) is 55.4 Å². The van der Waals surface area contributed by atoms with Crippen LogP contribution in [0.2, 0.25) is 10.0 Å². The first kappa shape index (κ1) is 27.0. The van der Waals surface area contributed by atoms with Gasteiger partial charge in [0.05, 0.1) is 33.6 Å². The third-order valence-corrected chi connectivity index (χ3v) is 8.10. The number of anilines is 3. The van der Waals surface area contributed by atoms with Crippen molar-refractivity contribution in [1.82, 2.24) is 24.4 Å². The summed E-state index contributed by atoms with van der Waals surface area (Å²) < 4.78 is 2.01. The van der Waals surface area contributed by atoms with Crippen LogP contribution >= 0.6 is 23.2 Å². The van der Waals surface area contributed by atoms with E-state index in [1.165, 1.54) is 12.1 Å². The number of primary amides is 1. The number of imidazole rings is 1. The molecule has 1 aliphatic carbocycles. The Morgan fingerprint density at radius 1 is 1.13 bits per heavy atom. The van der Waals surface area contributed by atoms with E-state index >= 15 is 0 Å². The fourth-order valence-corrected chi connectivity index (χ4v) is 6.03. The number of hydrogen-bond acceptors (Lipinski definition) is 8. The smallest absolute Gasteiger partial charge is 0.225 e. The van der Waals surface area contributed by atoms with Crippen LogP contribution in [-0.2, 0) is 9.59 Å². The molecule has 1 saturated heterocycles. The summed E-state index contributed by atoms with van der Waals surface area (Å²) in [5.74, 6) is 0.550. The van der Waals surface area contributed by atoms with Crippen LogP contribution in [0.3, 0.4) is 0 Å². The first-order valence-corrected chi connectivity index (χ1v) is 13.7. The van der Waals surface area contributed by atoms with Gasteiger partial charge in [0.2, 0.25) is 23.7 Å². The quantitative estimate of drug-likeness (QED) is 0.394. The molecule has 2 aliphatic rings. The molecule has 0 radical (unpaired) electrons. The van der Waals surface area contributed by atoms with E-state index in [0.717, 1.165) is 19.4 Å². The molecule has 39 heavy (non-hydrogen) atoms. The number of likely N-dealkylation sites (tertiary alicyclic amines) is 1. The Bertz CT molecular complexity index is 1440. The average molecular weight is 570 g/mol. The van der Waals surface area contributed by atoms with Gasteiger partial charge in [-0.1, -0.05) is 23.2 Å². The Morgan fingerprint density at radius 3 is 2.49 bits per heavy atom. The minimum absolute atomic E-state index is 0.00494. The number of piperidine rings is 1. The van der Waals surface area contributed by atoms with Crippen LogP contribution in [0, 0.1) is 17.2 Å². The number of amides is 2. The van der Waals surface area contributed by atoms with Gasteiger partial charge < -0.3 is 21.3 Å². The number of halogens is 2. The molecule has 1 saturated carbocycles. The van der Waals surface area contributed by atoms with Crippen molar-refractivity contribution in [2.45, 2.75) is 57.5 Å². The van der Waals surface area contributed by atoms with Crippen molar-refractivity contribution in [3.63, 3.8) is 0 Å². The zero-order valence-corrected chi connectivity index (χ0v) is 23.0. The number of fused-ring (bicyclic) bond motifs is 1. The van der Waals surface area contributed by atoms with Crippen LogP contribution in [0.1, 0.15) is 57.1 Å². The second-order valence-electron chi connectivity index (χ2n) is 10.1. The lowest BCUT2D eigenvalue weighted by Crippen LogP contribution is -2.44. The first-order chi connectivity index (χ1) is 18.7. The monoisotopic (exact) mass is 569 g/mol. The van der Waals surface area contributed by atoms with E-state index in [1.54, 1.807) is 13.1 Å². The van der Waals surface area contributed by atoms with Crippen LogP contribution in [0.25, 0.3) is 11.2 Å². The molecular formula is C26H29Cl2N9O2. The molecule has 2 amide bonds. The lowest BCUT2D eigenvalue weighted by atomic mass is 9.85. The summed E-state index contributed by atoms with van der Waals surface area (Å²) in [4.78, 5) is 39.6. The predicted molar refractivity (Wildman–Crippen MR) is 149 cm³/mol. The lowest BCUT2D eigenvalue weighted by Gasteiger charge is -2.32. The molecule has 1 aliphatic heterocycles. The zero-order chi connectivity index (χ0) is 27.7. The molecule has 1 atom stereocenters. The number of carbonyl (C=O) groups excluding carboxylic acids is 2. The van der Waals surface area contributed by atoms with Gasteiger partial charge in [0.15, 0.2) is 5.65 Å². The van der Waals surface area contributed by atoms with E-state index in [-0.39, 0.29) is 39.9 Å². The molecule has 4 N–H and O–H groups in total. The Morgan fingerprint density at radius 2 is 1.85 bits per heavy atom. The van der Waals surface area contributed by atoms with Gasteiger partial charge in [-0.3, -0.25) is 14.2 Å². The van der Waals surface area contributed by atoms with E-state index < -0.39 is 0 Å². The van der Waals surface area contributed by atoms with Gasteiger partial charge in [-0.05, 0) is 50.7 Å². The standard InChI is InChI=1S/C26H29Cl2N9O2/c1-14(38)36-8-2-3-17(13-36)32-25-31-12-21-24(35-25)37(18-6-4-16(5-7-18)23(30)39)26(33-21)34-22-19(27)9-15(11-29)10-20(22)28/h9-10,12,16-18H,2-8,13H2,1H3,(H2,30,39)(H,33,34)(H,31,32,35)/t16-,17-,18-/m1/s1. The zero-order valence-electron chi connectivity index (χ0n) is 21.5. The van der Waals surface area contributed by atoms with Gasteiger partial charge in [-0.25, -0.2) is 9.97 Å². The van der Waals surface area contributed by atoms with Gasteiger partial charge >= 0.3 is 0 Å². The van der Waals surface area contributed by atoms with Gasteiger partial charge in [0.1, 0.15) is 5.52 Å². The number of aromatic nitrogens is 4. The predicted octanol–water partition coefficient (Wildman–Crippen LogP) is 4.39. The van der Waals surface area contributed by atoms with Crippen molar-refractivity contribution < 1.29 is 9.59 Å².